The molecule has 3 aliphatic rings. The van der Waals surface area contributed by atoms with Gasteiger partial charge in [0, 0.05) is 23.6 Å². The first-order valence-electron chi connectivity index (χ1n) is 9.97. The van der Waals surface area contributed by atoms with Gasteiger partial charge in [-0.1, -0.05) is 44.9 Å². The van der Waals surface area contributed by atoms with Crippen LogP contribution in [0.2, 0.25) is 0 Å². The van der Waals surface area contributed by atoms with E-state index < -0.39 is 22.5 Å². The molecule has 3 unspecified atom stereocenters. The highest BCUT2D eigenvalue weighted by Gasteiger charge is 2.73. The van der Waals surface area contributed by atoms with E-state index in [2.05, 4.69) is 23.5 Å². The number of fused-ring (bicyclic) bond motifs is 3. The Morgan fingerprint density at radius 2 is 1.56 bits per heavy atom. The number of carbonyl (C=O) groups excluding carboxylic acids is 1. The van der Waals surface area contributed by atoms with Crippen LogP contribution in [0.5, 0.6) is 0 Å². The predicted octanol–water partition coefficient (Wildman–Crippen LogP) is 3.21. The van der Waals surface area contributed by atoms with Gasteiger partial charge in [-0.2, -0.15) is 15.8 Å². The van der Waals surface area contributed by atoms with Gasteiger partial charge in [0.25, 0.3) is 0 Å². The Morgan fingerprint density at radius 1 is 0.963 bits per heavy atom. The molecular weight excluding hydrogens is 340 g/mol. The van der Waals surface area contributed by atoms with Crippen LogP contribution >= 0.6 is 0 Å². The van der Waals surface area contributed by atoms with Crippen LogP contribution < -0.4 is 5.32 Å². The predicted molar refractivity (Wildman–Crippen MR) is 97.2 cm³/mol. The molecule has 27 heavy (non-hydrogen) atoms. The first kappa shape index (κ1) is 19.4. The third-order valence-electron chi connectivity index (χ3n) is 6.79. The first-order chi connectivity index (χ1) is 13.0. The molecule has 2 aliphatic carbocycles. The van der Waals surface area contributed by atoms with Crippen molar-refractivity contribution < 1.29 is 9.90 Å². The second-order valence-corrected chi connectivity index (χ2v) is 8.21. The Balaban J connectivity index is 2.11. The second-order valence-electron chi connectivity index (χ2n) is 8.21. The van der Waals surface area contributed by atoms with Gasteiger partial charge in [0.15, 0.2) is 5.41 Å². The van der Waals surface area contributed by atoms with E-state index in [1.807, 2.05) is 0 Å². The fourth-order valence-corrected chi connectivity index (χ4v) is 5.40. The van der Waals surface area contributed by atoms with E-state index in [9.17, 15) is 25.7 Å². The zero-order valence-electron chi connectivity index (χ0n) is 15.6. The summed E-state index contributed by atoms with van der Waals surface area (Å²) in [6.45, 7) is 0. The standard InChI is InChI=1S/C21H26N4O2/c22-13-19(14-23)11-16(12-26)18-20(19,15-24)17-9-7-5-3-1-2-4-6-8-10-21(17,27)25-18/h12,17,25,27H,1-11H2. The lowest BCUT2D eigenvalue weighted by atomic mass is 9.58. The third-order valence-corrected chi connectivity index (χ3v) is 6.79. The van der Waals surface area contributed by atoms with E-state index in [1.54, 1.807) is 0 Å². The van der Waals surface area contributed by atoms with E-state index >= 15 is 0 Å². The number of nitrogens with one attached hydrogen (secondary N) is 1. The molecule has 0 aromatic carbocycles. The molecule has 1 aliphatic heterocycles. The summed E-state index contributed by atoms with van der Waals surface area (Å²) in [6, 6.07) is 6.36. The fraction of sp³-hybridized carbons (Fsp3) is 0.714. The molecule has 1 heterocycles. The van der Waals surface area contributed by atoms with Gasteiger partial charge in [-0.3, -0.25) is 4.79 Å². The Morgan fingerprint density at radius 3 is 2.11 bits per heavy atom. The molecule has 0 amide bonds. The molecule has 2 fully saturated rings. The van der Waals surface area contributed by atoms with E-state index in [0.29, 0.717) is 24.8 Å². The van der Waals surface area contributed by atoms with Gasteiger partial charge < -0.3 is 10.4 Å². The van der Waals surface area contributed by atoms with Crippen molar-refractivity contribution in [1.29, 1.82) is 15.8 Å². The SMILES string of the molecule is N#CC1(C#N)CC(C=O)=C2NC3(O)CCCCCCCCCCC3C21C#N. The minimum Gasteiger partial charge on any atom is -0.371 e. The lowest BCUT2D eigenvalue weighted by Crippen LogP contribution is -2.49. The smallest absolute Gasteiger partial charge is 0.172 e. The molecule has 0 aromatic heterocycles. The Labute approximate surface area is 160 Å². The maximum Gasteiger partial charge on any atom is 0.172 e. The van der Waals surface area contributed by atoms with Crippen LogP contribution in [0.25, 0.3) is 0 Å². The largest absolute Gasteiger partial charge is 0.371 e. The number of allylic oxidation sites excluding steroid dienone is 2. The first-order valence-corrected chi connectivity index (χ1v) is 9.97. The van der Waals surface area contributed by atoms with Crippen molar-refractivity contribution in [3.8, 4) is 18.2 Å². The van der Waals surface area contributed by atoms with Crippen molar-refractivity contribution in [3.63, 3.8) is 0 Å². The van der Waals surface area contributed by atoms with Gasteiger partial charge in [-0.25, -0.2) is 0 Å². The molecule has 0 spiro atoms. The monoisotopic (exact) mass is 366 g/mol. The van der Waals surface area contributed by atoms with Gasteiger partial charge in [0.05, 0.1) is 18.2 Å². The van der Waals surface area contributed by atoms with E-state index in [1.165, 1.54) is 12.8 Å². The molecule has 0 aromatic rings. The van der Waals surface area contributed by atoms with Gasteiger partial charge >= 0.3 is 0 Å². The van der Waals surface area contributed by atoms with Crippen LogP contribution in [-0.4, -0.2) is 17.1 Å². The molecule has 0 radical (unpaired) electrons. The summed E-state index contributed by atoms with van der Waals surface area (Å²) < 4.78 is 0. The molecular formula is C21H26N4O2. The van der Waals surface area contributed by atoms with E-state index in [0.717, 1.165) is 38.5 Å². The summed E-state index contributed by atoms with van der Waals surface area (Å²) in [5, 5.41) is 44.6. The quantitative estimate of drug-likeness (QED) is 0.687. The van der Waals surface area contributed by atoms with Gasteiger partial charge in [-0.15, -0.1) is 0 Å². The van der Waals surface area contributed by atoms with E-state index in [4.69, 9.17) is 0 Å². The molecule has 1 saturated carbocycles. The maximum atomic E-state index is 11.7. The van der Waals surface area contributed by atoms with Crippen LogP contribution in [0.3, 0.4) is 0 Å². The molecule has 0 bridgehead atoms. The topological polar surface area (TPSA) is 121 Å². The van der Waals surface area contributed by atoms with Crippen molar-refractivity contribution in [2.75, 3.05) is 0 Å². The van der Waals surface area contributed by atoms with Crippen LogP contribution in [0.4, 0.5) is 0 Å². The number of hydrogen-bond acceptors (Lipinski definition) is 6. The van der Waals surface area contributed by atoms with Gasteiger partial charge in [0.1, 0.15) is 17.4 Å². The molecule has 2 N–H and O–H groups in total. The average molecular weight is 366 g/mol. The Hall–Kier alpha value is -2.36. The highest BCUT2D eigenvalue weighted by Crippen LogP contribution is 2.65. The zero-order chi connectivity index (χ0) is 19.5. The highest BCUT2D eigenvalue weighted by atomic mass is 16.3. The van der Waals surface area contributed by atoms with Gasteiger partial charge in [-0.05, 0) is 19.3 Å². The van der Waals surface area contributed by atoms with Crippen LogP contribution in [0.15, 0.2) is 11.3 Å². The summed E-state index contributed by atoms with van der Waals surface area (Å²) in [6.07, 6.45) is 9.81. The Kier molecular flexibility index (Phi) is 5.27. The second kappa shape index (κ2) is 7.34. The van der Waals surface area contributed by atoms with Gasteiger partial charge in [0.2, 0.25) is 0 Å². The van der Waals surface area contributed by atoms with Crippen molar-refractivity contribution in [3.05, 3.63) is 11.3 Å². The number of carbonyl (C=O) groups is 1. The lowest BCUT2D eigenvalue weighted by molar-refractivity contribution is -0.105. The molecule has 6 nitrogen and oxygen atoms in total. The van der Waals surface area contributed by atoms with Crippen molar-refractivity contribution in [1.82, 2.24) is 5.32 Å². The minimum absolute atomic E-state index is 0.0635. The maximum absolute atomic E-state index is 11.7. The minimum atomic E-state index is -1.65. The number of aldehydes is 1. The number of nitrogens with zero attached hydrogens (tertiary/aromatic N) is 3. The summed E-state index contributed by atoms with van der Waals surface area (Å²) in [7, 11) is 0. The molecule has 6 heteroatoms. The van der Waals surface area contributed by atoms with Crippen molar-refractivity contribution in [2.45, 2.75) is 76.4 Å². The number of aliphatic hydroxyl groups is 1. The summed E-state index contributed by atoms with van der Waals surface area (Å²) in [5.41, 5.74) is -3.91. The molecule has 3 atom stereocenters. The zero-order valence-corrected chi connectivity index (χ0v) is 15.6. The fourth-order valence-electron chi connectivity index (χ4n) is 5.40. The van der Waals surface area contributed by atoms with Crippen molar-refractivity contribution in [2.24, 2.45) is 16.7 Å². The van der Waals surface area contributed by atoms with E-state index in [-0.39, 0.29) is 12.0 Å². The van der Waals surface area contributed by atoms with Crippen LogP contribution in [-0.2, 0) is 4.79 Å². The number of nitriles is 3. The summed E-state index contributed by atoms with van der Waals surface area (Å²) in [5.74, 6) is -0.582. The van der Waals surface area contributed by atoms with Crippen LogP contribution in [0, 0.1) is 50.7 Å². The molecule has 1 saturated heterocycles. The number of hydrogen-bond donors (Lipinski definition) is 2. The molecule has 3 rings (SSSR count). The summed E-state index contributed by atoms with van der Waals surface area (Å²) >= 11 is 0. The average Bonchev–Trinajstić information content (AvgIpc) is 3.08. The molecule has 142 valence electrons. The highest BCUT2D eigenvalue weighted by molar-refractivity contribution is 5.79. The van der Waals surface area contributed by atoms with Crippen molar-refractivity contribution >= 4 is 6.29 Å². The number of rotatable bonds is 1. The Bertz CT molecular complexity index is 755. The summed E-state index contributed by atoms with van der Waals surface area (Å²) in [4.78, 5) is 11.7. The third kappa shape index (κ3) is 2.73. The lowest BCUT2D eigenvalue weighted by Gasteiger charge is -2.39. The normalized spacial score (nSPS) is 35.9. The van der Waals surface area contributed by atoms with Crippen LogP contribution in [0.1, 0.15) is 70.6 Å².